The van der Waals surface area contributed by atoms with E-state index in [-0.39, 0.29) is 0 Å². The Morgan fingerprint density at radius 3 is 2.53 bits per heavy atom. The highest BCUT2D eigenvalue weighted by Crippen LogP contribution is 2.27. The van der Waals surface area contributed by atoms with Crippen molar-refractivity contribution in [3.05, 3.63) is 12.1 Å². The lowest BCUT2D eigenvalue weighted by atomic mass is 10.2. The quantitative estimate of drug-likeness (QED) is 0.773. The monoisotopic (exact) mass is 206 g/mol. The molecule has 1 aromatic carbocycles. The molecule has 0 spiro atoms. The fourth-order valence-corrected chi connectivity index (χ4v) is 1.69. The molecule has 0 radical (unpaired) electrons. The van der Waals surface area contributed by atoms with Crippen LogP contribution in [0.15, 0.2) is 16.8 Å². The zero-order valence-electron chi connectivity index (χ0n) is 8.90. The molecule has 0 saturated carbocycles. The maximum atomic E-state index is 5.77. The number of anilines is 2. The molecule has 2 rings (SSSR count). The normalized spacial score (nSPS) is 10.8. The van der Waals surface area contributed by atoms with Crippen LogP contribution in [0.1, 0.15) is 13.8 Å². The van der Waals surface area contributed by atoms with Gasteiger partial charge in [0.2, 0.25) is 0 Å². The Morgan fingerprint density at radius 2 is 1.87 bits per heavy atom. The average Bonchev–Trinajstić information content (AvgIpc) is 2.72. The van der Waals surface area contributed by atoms with E-state index in [0.29, 0.717) is 11.2 Å². The van der Waals surface area contributed by atoms with E-state index >= 15 is 0 Å². The molecule has 0 aliphatic carbocycles. The number of nitrogen functional groups attached to an aromatic ring is 1. The maximum Gasteiger partial charge on any atom is 0.160 e. The fourth-order valence-electron chi connectivity index (χ4n) is 1.69. The van der Waals surface area contributed by atoms with E-state index in [1.807, 2.05) is 12.1 Å². The van der Waals surface area contributed by atoms with Gasteiger partial charge in [-0.1, -0.05) is 0 Å². The van der Waals surface area contributed by atoms with Gasteiger partial charge in [-0.2, -0.15) is 0 Å². The van der Waals surface area contributed by atoms with Gasteiger partial charge in [0.1, 0.15) is 0 Å². The third kappa shape index (κ3) is 1.49. The smallest absolute Gasteiger partial charge is 0.160 e. The third-order valence-electron chi connectivity index (χ3n) is 2.53. The summed E-state index contributed by atoms with van der Waals surface area (Å²) in [5, 5.41) is 7.68. The second kappa shape index (κ2) is 3.76. The van der Waals surface area contributed by atoms with Crippen molar-refractivity contribution < 1.29 is 4.63 Å². The lowest BCUT2D eigenvalue weighted by molar-refractivity contribution is 0.315. The Balaban J connectivity index is 2.61. The molecule has 80 valence electrons. The maximum absolute atomic E-state index is 5.77. The summed E-state index contributed by atoms with van der Waals surface area (Å²) in [6.07, 6.45) is 0. The predicted molar refractivity (Wildman–Crippen MR) is 59.8 cm³/mol. The first-order chi connectivity index (χ1) is 7.27. The van der Waals surface area contributed by atoms with Crippen LogP contribution in [0.3, 0.4) is 0 Å². The molecule has 5 nitrogen and oxygen atoms in total. The summed E-state index contributed by atoms with van der Waals surface area (Å²) >= 11 is 0. The van der Waals surface area contributed by atoms with Crippen LogP contribution in [0.2, 0.25) is 0 Å². The average molecular weight is 206 g/mol. The van der Waals surface area contributed by atoms with Crippen molar-refractivity contribution in [3.8, 4) is 0 Å². The second-order valence-corrected chi connectivity index (χ2v) is 3.31. The highest BCUT2D eigenvalue weighted by molar-refractivity contribution is 5.95. The van der Waals surface area contributed by atoms with Gasteiger partial charge < -0.3 is 10.6 Å². The number of nitrogens with two attached hydrogens (primary N) is 1. The molecule has 2 aromatic rings. The summed E-state index contributed by atoms with van der Waals surface area (Å²) < 4.78 is 4.72. The van der Waals surface area contributed by atoms with E-state index in [1.54, 1.807) is 0 Å². The molecule has 0 fully saturated rings. The summed E-state index contributed by atoms with van der Waals surface area (Å²) in [7, 11) is 0. The van der Waals surface area contributed by atoms with Crippen molar-refractivity contribution in [2.24, 2.45) is 0 Å². The number of hydrogen-bond donors (Lipinski definition) is 1. The van der Waals surface area contributed by atoms with Crippen molar-refractivity contribution in [3.63, 3.8) is 0 Å². The first-order valence-electron chi connectivity index (χ1n) is 5.03. The standard InChI is InChI=1S/C10H14N4O/c1-3-14(4-2)8-6-5-7(11)9-10(8)13-15-12-9/h5-6H,3-4,11H2,1-2H3. The van der Waals surface area contributed by atoms with Crippen LogP contribution in [0.25, 0.3) is 11.0 Å². The molecule has 15 heavy (non-hydrogen) atoms. The fraction of sp³-hybridized carbons (Fsp3) is 0.400. The van der Waals surface area contributed by atoms with Crippen LogP contribution in [0, 0.1) is 0 Å². The lowest BCUT2D eigenvalue weighted by Crippen LogP contribution is -2.22. The first-order valence-corrected chi connectivity index (χ1v) is 5.03. The van der Waals surface area contributed by atoms with Gasteiger partial charge in [0.25, 0.3) is 0 Å². The van der Waals surface area contributed by atoms with Crippen molar-refractivity contribution in [2.75, 3.05) is 23.7 Å². The molecule has 1 aromatic heterocycles. The molecule has 0 atom stereocenters. The molecule has 0 amide bonds. The zero-order chi connectivity index (χ0) is 10.8. The Morgan fingerprint density at radius 1 is 1.20 bits per heavy atom. The number of aromatic nitrogens is 2. The number of benzene rings is 1. The summed E-state index contributed by atoms with van der Waals surface area (Å²) in [6, 6.07) is 3.79. The molecular formula is C10H14N4O. The molecule has 1 heterocycles. The van der Waals surface area contributed by atoms with E-state index in [4.69, 9.17) is 10.4 Å². The number of nitrogens with zero attached hydrogens (tertiary/aromatic N) is 3. The largest absolute Gasteiger partial charge is 0.397 e. The number of rotatable bonds is 3. The van der Waals surface area contributed by atoms with E-state index in [2.05, 4.69) is 29.1 Å². The van der Waals surface area contributed by atoms with Gasteiger partial charge in [0.15, 0.2) is 11.0 Å². The SMILES string of the molecule is CCN(CC)c1ccc(N)c2nonc12. The molecule has 0 bridgehead atoms. The van der Waals surface area contributed by atoms with Gasteiger partial charge >= 0.3 is 0 Å². The molecule has 0 saturated heterocycles. The van der Waals surface area contributed by atoms with E-state index < -0.39 is 0 Å². The minimum absolute atomic E-state index is 0.599. The summed E-state index contributed by atoms with van der Waals surface area (Å²) in [4.78, 5) is 2.19. The van der Waals surface area contributed by atoms with Crippen molar-refractivity contribution in [2.45, 2.75) is 13.8 Å². The van der Waals surface area contributed by atoms with Gasteiger partial charge in [-0.3, -0.25) is 0 Å². The summed E-state index contributed by atoms with van der Waals surface area (Å²) in [6.45, 7) is 6.03. The molecule has 0 aliphatic heterocycles. The second-order valence-electron chi connectivity index (χ2n) is 3.31. The summed E-state index contributed by atoms with van der Waals surface area (Å²) in [5.41, 5.74) is 8.76. The zero-order valence-corrected chi connectivity index (χ0v) is 8.90. The van der Waals surface area contributed by atoms with E-state index in [1.165, 1.54) is 0 Å². The predicted octanol–water partition coefficient (Wildman–Crippen LogP) is 1.65. The Labute approximate surface area is 87.8 Å². The van der Waals surface area contributed by atoms with E-state index in [0.717, 1.165) is 24.3 Å². The van der Waals surface area contributed by atoms with Crippen molar-refractivity contribution in [1.82, 2.24) is 10.3 Å². The van der Waals surface area contributed by atoms with Gasteiger partial charge in [-0.15, -0.1) is 0 Å². The Kier molecular flexibility index (Phi) is 2.45. The minimum Gasteiger partial charge on any atom is -0.397 e. The Hall–Kier alpha value is -1.78. The van der Waals surface area contributed by atoms with Crippen LogP contribution in [0.4, 0.5) is 11.4 Å². The molecule has 0 unspecified atom stereocenters. The Bertz CT molecular complexity index is 461. The lowest BCUT2D eigenvalue weighted by Gasteiger charge is -2.20. The highest BCUT2D eigenvalue weighted by Gasteiger charge is 2.13. The molecule has 2 N–H and O–H groups in total. The van der Waals surface area contributed by atoms with Gasteiger partial charge in [0, 0.05) is 13.1 Å². The van der Waals surface area contributed by atoms with E-state index in [9.17, 15) is 0 Å². The van der Waals surface area contributed by atoms with Crippen molar-refractivity contribution in [1.29, 1.82) is 0 Å². The molecule has 0 aliphatic rings. The first kappa shape index (κ1) is 9.76. The molecular weight excluding hydrogens is 192 g/mol. The number of fused-ring (bicyclic) bond motifs is 1. The molecule has 5 heteroatoms. The van der Waals surface area contributed by atoms with Crippen LogP contribution < -0.4 is 10.6 Å². The third-order valence-corrected chi connectivity index (χ3v) is 2.53. The van der Waals surface area contributed by atoms with Crippen LogP contribution >= 0.6 is 0 Å². The van der Waals surface area contributed by atoms with Crippen LogP contribution in [-0.2, 0) is 0 Å². The van der Waals surface area contributed by atoms with Gasteiger partial charge in [-0.05, 0) is 36.3 Å². The highest BCUT2D eigenvalue weighted by atomic mass is 16.6. The van der Waals surface area contributed by atoms with Crippen LogP contribution in [-0.4, -0.2) is 23.4 Å². The van der Waals surface area contributed by atoms with Crippen LogP contribution in [0.5, 0.6) is 0 Å². The summed E-state index contributed by atoms with van der Waals surface area (Å²) in [5.74, 6) is 0. The van der Waals surface area contributed by atoms with Gasteiger partial charge in [0.05, 0.1) is 11.4 Å². The number of hydrogen-bond acceptors (Lipinski definition) is 5. The van der Waals surface area contributed by atoms with Gasteiger partial charge in [-0.25, -0.2) is 4.63 Å². The van der Waals surface area contributed by atoms with Crippen molar-refractivity contribution >= 4 is 22.4 Å². The minimum atomic E-state index is 0.599. The topological polar surface area (TPSA) is 68.2 Å².